The van der Waals surface area contributed by atoms with E-state index in [1.54, 1.807) is 7.11 Å². The van der Waals surface area contributed by atoms with Gasteiger partial charge in [-0.2, -0.15) is 0 Å². The van der Waals surface area contributed by atoms with Crippen molar-refractivity contribution >= 4 is 22.8 Å². The van der Waals surface area contributed by atoms with E-state index in [4.69, 9.17) is 14.7 Å². The number of piperidine rings is 1. The second kappa shape index (κ2) is 8.77. The lowest BCUT2D eigenvalue weighted by atomic mass is 9.94. The van der Waals surface area contributed by atoms with Gasteiger partial charge in [-0.05, 0) is 44.7 Å². The van der Waals surface area contributed by atoms with E-state index in [9.17, 15) is 4.79 Å². The molecule has 2 saturated heterocycles. The van der Waals surface area contributed by atoms with Crippen LogP contribution in [0.4, 0.5) is 5.95 Å². The van der Waals surface area contributed by atoms with Gasteiger partial charge in [0.15, 0.2) is 0 Å². The molecule has 1 unspecified atom stereocenters. The van der Waals surface area contributed by atoms with E-state index in [0.29, 0.717) is 0 Å². The molecule has 0 bridgehead atoms. The van der Waals surface area contributed by atoms with E-state index in [1.165, 1.54) is 0 Å². The first kappa shape index (κ1) is 20.7. The molecule has 0 aliphatic carbocycles. The number of ether oxygens (including phenoxy) is 1. The summed E-state index contributed by atoms with van der Waals surface area (Å²) in [4.78, 5) is 27.3. The van der Waals surface area contributed by atoms with Gasteiger partial charge < -0.3 is 14.5 Å². The highest BCUT2D eigenvalue weighted by Gasteiger charge is 2.36. The fourth-order valence-electron chi connectivity index (χ4n) is 5.22. The first-order chi connectivity index (χ1) is 15.7. The third-order valence-electron chi connectivity index (χ3n) is 6.94. The van der Waals surface area contributed by atoms with Crippen molar-refractivity contribution in [3.05, 3.63) is 59.8 Å². The third kappa shape index (κ3) is 3.78. The summed E-state index contributed by atoms with van der Waals surface area (Å²) >= 11 is 0. The van der Waals surface area contributed by atoms with Gasteiger partial charge in [-0.15, -0.1) is 0 Å². The molecule has 2 aliphatic heterocycles. The first-order valence-corrected chi connectivity index (χ1v) is 11.6. The van der Waals surface area contributed by atoms with Crippen LogP contribution in [0.2, 0.25) is 0 Å². The molecular formula is C26H30N4O2. The van der Waals surface area contributed by atoms with Crippen LogP contribution in [0, 0.1) is 12.8 Å². The maximum Gasteiger partial charge on any atom is 0.226 e. The van der Waals surface area contributed by atoms with Crippen LogP contribution in [0.5, 0.6) is 5.75 Å². The van der Waals surface area contributed by atoms with Crippen LogP contribution < -0.4 is 9.64 Å². The predicted molar refractivity (Wildman–Crippen MR) is 126 cm³/mol. The molecule has 0 saturated carbocycles. The lowest BCUT2D eigenvalue weighted by Gasteiger charge is -2.35. The molecular weight excluding hydrogens is 400 g/mol. The number of amides is 1. The average molecular weight is 431 g/mol. The zero-order valence-electron chi connectivity index (χ0n) is 18.8. The van der Waals surface area contributed by atoms with Crippen LogP contribution in [0.3, 0.4) is 0 Å². The SMILES string of the molecule is COc1ccccc1C1CCCN1C(=O)C1CCN(c2nc(C)c3ccccc3n2)CC1. The molecule has 2 aliphatic rings. The minimum Gasteiger partial charge on any atom is -0.496 e. The Morgan fingerprint density at radius 1 is 0.969 bits per heavy atom. The van der Waals surface area contributed by atoms with E-state index in [2.05, 4.69) is 21.9 Å². The minimum absolute atomic E-state index is 0.0584. The average Bonchev–Trinajstić information content (AvgIpc) is 3.33. The summed E-state index contributed by atoms with van der Waals surface area (Å²) in [7, 11) is 1.70. The van der Waals surface area contributed by atoms with Crippen molar-refractivity contribution in [1.29, 1.82) is 0 Å². The molecule has 32 heavy (non-hydrogen) atoms. The van der Waals surface area contributed by atoms with Crippen molar-refractivity contribution in [3.8, 4) is 5.75 Å². The molecule has 1 aromatic heterocycles. The van der Waals surface area contributed by atoms with Crippen molar-refractivity contribution in [2.24, 2.45) is 5.92 Å². The Morgan fingerprint density at radius 3 is 2.53 bits per heavy atom. The van der Waals surface area contributed by atoms with Crippen LogP contribution in [0.15, 0.2) is 48.5 Å². The second-order valence-electron chi connectivity index (χ2n) is 8.82. The van der Waals surface area contributed by atoms with Gasteiger partial charge in [0.1, 0.15) is 5.75 Å². The molecule has 2 fully saturated rings. The summed E-state index contributed by atoms with van der Waals surface area (Å²) in [6.45, 7) is 4.48. The number of aromatic nitrogens is 2. The van der Waals surface area contributed by atoms with Gasteiger partial charge in [-0.3, -0.25) is 4.79 Å². The lowest BCUT2D eigenvalue weighted by molar-refractivity contribution is -0.137. The van der Waals surface area contributed by atoms with Crippen LogP contribution >= 0.6 is 0 Å². The largest absolute Gasteiger partial charge is 0.496 e. The Labute approximate surface area is 189 Å². The van der Waals surface area contributed by atoms with Gasteiger partial charge in [0.05, 0.1) is 24.4 Å². The molecule has 1 atom stereocenters. The molecule has 166 valence electrons. The fourth-order valence-corrected chi connectivity index (χ4v) is 5.22. The molecule has 0 spiro atoms. The molecule has 2 aromatic carbocycles. The van der Waals surface area contributed by atoms with Crippen molar-refractivity contribution in [2.45, 2.75) is 38.6 Å². The van der Waals surface area contributed by atoms with Crippen LogP contribution in [0.1, 0.15) is 43.0 Å². The maximum absolute atomic E-state index is 13.5. The van der Waals surface area contributed by atoms with Gasteiger partial charge in [0.25, 0.3) is 0 Å². The Morgan fingerprint density at radius 2 is 1.72 bits per heavy atom. The fraction of sp³-hybridized carbons (Fsp3) is 0.423. The van der Waals surface area contributed by atoms with Crippen LogP contribution in [-0.2, 0) is 4.79 Å². The number of hydrogen-bond donors (Lipinski definition) is 0. The summed E-state index contributed by atoms with van der Waals surface area (Å²) in [6.07, 6.45) is 3.71. The van der Waals surface area contributed by atoms with Gasteiger partial charge >= 0.3 is 0 Å². The summed E-state index contributed by atoms with van der Waals surface area (Å²) < 4.78 is 5.58. The van der Waals surface area contributed by atoms with Crippen molar-refractivity contribution in [1.82, 2.24) is 14.9 Å². The number of anilines is 1. The van der Waals surface area contributed by atoms with E-state index in [1.807, 2.05) is 43.3 Å². The number of benzene rings is 2. The molecule has 0 radical (unpaired) electrons. The highest BCUT2D eigenvalue weighted by Crippen LogP contribution is 2.38. The number of likely N-dealkylation sites (tertiary alicyclic amines) is 1. The monoisotopic (exact) mass is 430 g/mol. The highest BCUT2D eigenvalue weighted by atomic mass is 16.5. The standard InChI is InChI=1S/C26H30N4O2/c1-18-20-8-3-5-10-22(20)28-26(27-18)29-16-13-19(14-17-29)25(31)30-15-7-11-23(30)21-9-4-6-12-24(21)32-2/h3-6,8-10,12,19,23H,7,11,13-17H2,1-2H3. The van der Waals surface area contributed by atoms with Gasteiger partial charge in [0.2, 0.25) is 11.9 Å². The lowest BCUT2D eigenvalue weighted by Crippen LogP contribution is -2.43. The smallest absolute Gasteiger partial charge is 0.226 e. The second-order valence-corrected chi connectivity index (χ2v) is 8.82. The third-order valence-corrected chi connectivity index (χ3v) is 6.94. The molecule has 5 rings (SSSR count). The summed E-state index contributed by atoms with van der Waals surface area (Å²) in [6, 6.07) is 16.3. The van der Waals surface area contributed by atoms with Crippen LogP contribution in [0.25, 0.3) is 10.9 Å². The topological polar surface area (TPSA) is 58.6 Å². The number of para-hydroxylation sites is 2. The summed E-state index contributed by atoms with van der Waals surface area (Å²) in [5.74, 6) is 1.99. The van der Waals surface area contributed by atoms with E-state index >= 15 is 0 Å². The van der Waals surface area contributed by atoms with Crippen molar-refractivity contribution in [2.75, 3.05) is 31.6 Å². The number of carbonyl (C=O) groups is 1. The number of carbonyl (C=O) groups excluding carboxylic acids is 1. The number of methoxy groups -OCH3 is 1. The van der Waals surface area contributed by atoms with Gasteiger partial charge in [-0.25, -0.2) is 9.97 Å². The molecule has 0 N–H and O–H groups in total. The molecule has 6 nitrogen and oxygen atoms in total. The zero-order valence-corrected chi connectivity index (χ0v) is 18.8. The molecule has 3 heterocycles. The maximum atomic E-state index is 13.5. The number of hydrogen-bond acceptors (Lipinski definition) is 5. The van der Waals surface area contributed by atoms with Crippen molar-refractivity contribution < 1.29 is 9.53 Å². The number of aryl methyl sites for hydroxylation is 1. The number of fused-ring (bicyclic) bond motifs is 1. The Balaban J connectivity index is 1.28. The quantitative estimate of drug-likeness (QED) is 0.609. The summed E-state index contributed by atoms with van der Waals surface area (Å²) in [5.41, 5.74) is 3.10. The van der Waals surface area contributed by atoms with Gasteiger partial charge in [0, 0.05) is 36.5 Å². The number of rotatable bonds is 4. The Hall–Kier alpha value is -3.15. The number of nitrogens with zero attached hydrogens (tertiary/aromatic N) is 4. The normalized spacial score (nSPS) is 19.5. The predicted octanol–water partition coefficient (Wildman–Crippen LogP) is 4.53. The Bertz CT molecular complexity index is 1120. The molecule has 1 amide bonds. The van der Waals surface area contributed by atoms with E-state index in [-0.39, 0.29) is 17.9 Å². The summed E-state index contributed by atoms with van der Waals surface area (Å²) in [5, 5.41) is 1.10. The van der Waals surface area contributed by atoms with Crippen LogP contribution in [-0.4, -0.2) is 47.5 Å². The molecule has 3 aromatic rings. The highest BCUT2D eigenvalue weighted by molar-refractivity contribution is 5.82. The first-order valence-electron chi connectivity index (χ1n) is 11.6. The van der Waals surface area contributed by atoms with Crippen molar-refractivity contribution in [3.63, 3.8) is 0 Å². The minimum atomic E-state index is 0.0584. The Kier molecular flexibility index (Phi) is 5.68. The zero-order chi connectivity index (χ0) is 22.1. The molecule has 6 heteroatoms. The van der Waals surface area contributed by atoms with E-state index in [0.717, 1.165) is 79.2 Å². The van der Waals surface area contributed by atoms with E-state index < -0.39 is 0 Å². The van der Waals surface area contributed by atoms with Gasteiger partial charge in [-0.1, -0.05) is 36.4 Å².